The number of rotatable bonds is 4. The fraction of sp³-hybridized carbons (Fsp3) is 0.909. The second-order valence-electron chi connectivity index (χ2n) is 4.74. The van der Waals surface area contributed by atoms with Crippen molar-refractivity contribution >= 4 is 17.7 Å². The van der Waals surface area contributed by atoms with Gasteiger partial charge in [0.2, 0.25) is 0 Å². The fourth-order valence-electron chi connectivity index (χ4n) is 1.89. The van der Waals surface area contributed by atoms with Gasteiger partial charge in [-0.2, -0.15) is 11.8 Å². The van der Waals surface area contributed by atoms with Crippen molar-refractivity contribution in [1.29, 1.82) is 0 Å². The number of carbonyl (C=O) groups is 1. The van der Waals surface area contributed by atoms with Gasteiger partial charge in [-0.25, -0.2) is 0 Å². The van der Waals surface area contributed by atoms with Gasteiger partial charge in [-0.1, -0.05) is 13.8 Å². The van der Waals surface area contributed by atoms with Gasteiger partial charge < -0.3 is 10.5 Å². The molecule has 0 heterocycles. The van der Waals surface area contributed by atoms with Crippen molar-refractivity contribution in [3.63, 3.8) is 0 Å². The van der Waals surface area contributed by atoms with Crippen LogP contribution in [0, 0.1) is 5.92 Å². The molecule has 15 heavy (non-hydrogen) atoms. The molecule has 0 aliphatic heterocycles. The molecule has 0 saturated heterocycles. The van der Waals surface area contributed by atoms with Gasteiger partial charge in [-0.3, -0.25) is 4.79 Å². The Bertz CT molecular complexity index is 233. The molecule has 1 aliphatic carbocycles. The molecule has 2 unspecified atom stereocenters. The normalized spacial score (nSPS) is 30.9. The summed E-state index contributed by atoms with van der Waals surface area (Å²) < 4.78 is 4.74. The second kappa shape index (κ2) is 5.21. The molecule has 0 amide bonds. The summed E-state index contributed by atoms with van der Waals surface area (Å²) in [6.07, 6.45) is 2.55. The van der Waals surface area contributed by atoms with E-state index in [2.05, 4.69) is 13.8 Å². The van der Waals surface area contributed by atoms with Crippen molar-refractivity contribution < 1.29 is 9.53 Å². The maximum atomic E-state index is 11.5. The zero-order valence-corrected chi connectivity index (χ0v) is 10.6. The molecule has 1 saturated carbocycles. The predicted octanol–water partition coefficient (Wildman–Crippen LogP) is 1.80. The first kappa shape index (κ1) is 12.8. The van der Waals surface area contributed by atoms with Crippen molar-refractivity contribution in [3.05, 3.63) is 0 Å². The first-order chi connectivity index (χ1) is 6.98. The summed E-state index contributed by atoms with van der Waals surface area (Å²) in [6, 6.07) is 0. The Kier molecular flexibility index (Phi) is 4.46. The molecule has 0 bridgehead atoms. The van der Waals surface area contributed by atoms with Crippen molar-refractivity contribution in [1.82, 2.24) is 0 Å². The lowest BCUT2D eigenvalue weighted by Crippen LogP contribution is -2.46. The van der Waals surface area contributed by atoms with Crippen LogP contribution in [0.5, 0.6) is 0 Å². The Morgan fingerprint density at radius 3 is 2.87 bits per heavy atom. The van der Waals surface area contributed by atoms with Crippen molar-refractivity contribution in [2.45, 2.75) is 43.9 Å². The number of esters is 1. The number of thioether (sulfide) groups is 1. The average Bonchev–Trinajstić information content (AvgIpc) is 2.57. The van der Waals surface area contributed by atoms with Gasteiger partial charge in [-0.05, 0) is 30.9 Å². The molecule has 0 radical (unpaired) electrons. The average molecular weight is 231 g/mol. The monoisotopic (exact) mass is 231 g/mol. The van der Waals surface area contributed by atoms with Crippen LogP contribution in [-0.2, 0) is 9.53 Å². The third-order valence-electron chi connectivity index (χ3n) is 2.76. The van der Waals surface area contributed by atoms with Gasteiger partial charge in [-0.15, -0.1) is 0 Å². The minimum absolute atomic E-state index is 0.254. The molecule has 2 N–H and O–H groups in total. The van der Waals surface area contributed by atoms with Crippen molar-refractivity contribution in [2.24, 2.45) is 11.7 Å². The van der Waals surface area contributed by atoms with Gasteiger partial charge in [0.15, 0.2) is 0 Å². The molecule has 2 atom stereocenters. The lowest BCUT2D eigenvalue weighted by molar-refractivity contribution is -0.146. The molecule has 3 nitrogen and oxygen atoms in total. The summed E-state index contributed by atoms with van der Waals surface area (Å²) in [5, 5.41) is 0.525. The highest BCUT2D eigenvalue weighted by Gasteiger charge is 2.42. The van der Waals surface area contributed by atoms with E-state index in [1.165, 1.54) is 7.11 Å². The third-order valence-corrected chi connectivity index (χ3v) is 4.49. The lowest BCUT2D eigenvalue weighted by atomic mass is 10.00. The van der Waals surface area contributed by atoms with E-state index < -0.39 is 5.54 Å². The lowest BCUT2D eigenvalue weighted by Gasteiger charge is -2.20. The first-order valence-electron chi connectivity index (χ1n) is 5.47. The molecule has 0 aromatic rings. The van der Waals surface area contributed by atoms with E-state index in [1.54, 1.807) is 0 Å². The van der Waals surface area contributed by atoms with Crippen molar-refractivity contribution in [2.75, 3.05) is 12.9 Å². The quantitative estimate of drug-likeness (QED) is 0.750. The SMILES string of the molecule is COC(=O)C1(N)CCC(SCC(C)C)C1. The van der Waals surface area contributed by atoms with Crippen LogP contribution in [0.2, 0.25) is 0 Å². The maximum Gasteiger partial charge on any atom is 0.325 e. The Morgan fingerprint density at radius 2 is 2.33 bits per heavy atom. The zero-order chi connectivity index (χ0) is 11.5. The predicted molar refractivity (Wildman–Crippen MR) is 63.9 cm³/mol. The van der Waals surface area contributed by atoms with Gasteiger partial charge in [0.25, 0.3) is 0 Å². The van der Waals surface area contributed by atoms with Crippen molar-refractivity contribution in [3.8, 4) is 0 Å². The summed E-state index contributed by atoms with van der Waals surface area (Å²) in [4.78, 5) is 11.5. The summed E-state index contributed by atoms with van der Waals surface area (Å²) >= 11 is 1.93. The van der Waals surface area contributed by atoms with E-state index in [9.17, 15) is 4.79 Å². The summed E-state index contributed by atoms with van der Waals surface area (Å²) in [5.41, 5.74) is 5.30. The summed E-state index contributed by atoms with van der Waals surface area (Å²) in [5.74, 6) is 1.58. The molecule has 1 fully saturated rings. The van der Waals surface area contributed by atoms with E-state index >= 15 is 0 Å². The van der Waals surface area contributed by atoms with Gasteiger partial charge in [0.1, 0.15) is 5.54 Å². The Balaban J connectivity index is 2.41. The topological polar surface area (TPSA) is 52.3 Å². The van der Waals surface area contributed by atoms with Crippen LogP contribution in [0.15, 0.2) is 0 Å². The largest absolute Gasteiger partial charge is 0.468 e. The highest BCUT2D eigenvalue weighted by atomic mass is 32.2. The molecule has 88 valence electrons. The molecular formula is C11H21NO2S. The third kappa shape index (κ3) is 3.38. The minimum atomic E-state index is -0.719. The Hall–Kier alpha value is -0.220. The van der Waals surface area contributed by atoms with E-state index in [0.29, 0.717) is 11.2 Å². The number of nitrogens with two attached hydrogens (primary N) is 1. The Morgan fingerprint density at radius 1 is 1.67 bits per heavy atom. The van der Waals surface area contributed by atoms with Crippen LogP contribution in [0.3, 0.4) is 0 Å². The maximum absolute atomic E-state index is 11.5. The standard InChI is InChI=1S/C11H21NO2S/c1-8(2)7-15-9-4-5-11(12,6-9)10(13)14-3/h8-9H,4-7,12H2,1-3H3. The van der Waals surface area contributed by atoms with E-state index in [-0.39, 0.29) is 5.97 Å². The highest BCUT2D eigenvalue weighted by molar-refractivity contribution is 7.99. The van der Waals surface area contributed by atoms with Crippen LogP contribution in [0.1, 0.15) is 33.1 Å². The first-order valence-corrected chi connectivity index (χ1v) is 6.51. The second-order valence-corrected chi connectivity index (χ2v) is 6.07. The summed E-state index contributed by atoms with van der Waals surface area (Å²) in [6.45, 7) is 4.41. The molecule has 0 spiro atoms. The molecule has 1 aliphatic rings. The number of carbonyl (C=O) groups excluding carboxylic acids is 1. The number of ether oxygens (including phenoxy) is 1. The highest BCUT2D eigenvalue weighted by Crippen LogP contribution is 2.36. The smallest absolute Gasteiger partial charge is 0.325 e. The van der Waals surface area contributed by atoms with Crippen LogP contribution in [-0.4, -0.2) is 29.6 Å². The van der Waals surface area contributed by atoms with Crippen LogP contribution in [0.4, 0.5) is 0 Å². The van der Waals surface area contributed by atoms with Gasteiger partial charge in [0.05, 0.1) is 7.11 Å². The molecule has 4 heteroatoms. The minimum Gasteiger partial charge on any atom is -0.468 e. The van der Waals surface area contributed by atoms with Gasteiger partial charge in [0, 0.05) is 5.25 Å². The molecule has 1 rings (SSSR count). The van der Waals surface area contributed by atoms with Crippen LogP contribution >= 0.6 is 11.8 Å². The fourth-order valence-corrected chi connectivity index (χ4v) is 3.25. The molecular weight excluding hydrogens is 210 g/mol. The molecule has 0 aromatic carbocycles. The van der Waals surface area contributed by atoms with E-state index in [0.717, 1.165) is 25.0 Å². The number of hydrogen-bond donors (Lipinski definition) is 1. The number of hydrogen-bond acceptors (Lipinski definition) is 4. The molecule has 0 aromatic heterocycles. The Labute approximate surface area is 96.1 Å². The van der Waals surface area contributed by atoms with Crippen LogP contribution < -0.4 is 5.73 Å². The van der Waals surface area contributed by atoms with E-state index in [4.69, 9.17) is 10.5 Å². The van der Waals surface area contributed by atoms with Crippen LogP contribution in [0.25, 0.3) is 0 Å². The zero-order valence-electron chi connectivity index (χ0n) is 9.79. The number of methoxy groups -OCH3 is 1. The summed E-state index contributed by atoms with van der Waals surface area (Å²) in [7, 11) is 1.41. The van der Waals surface area contributed by atoms with E-state index in [1.807, 2.05) is 11.8 Å². The van der Waals surface area contributed by atoms with Gasteiger partial charge >= 0.3 is 5.97 Å².